The molecule has 0 bridgehead atoms. The van der Waals surface area contributed by atoms with E-state index in [1.807, 2.05) is 12.1 Å². The van der Waals surface area contributed by atoms with Crippen LogP contribution < -0.4 is 15.7 Å². The van der Waals surface area contributed by atoms with Gasteiger partial charge >= 0.3 is 5.63 Å². The van der Waals surface area contributed by atoms with Gasteiger partial charge in [-0.25, -0.2) is 14.2 Å². The van der Waals surface area contributed by atoms with Crippen LogP contribution in [0.3, 0.4) is 0 Å². The van der Waals surface area contributed by atoms with Crippen molar-refractivity contribution in [1.29, 1.82) is 0 Å². The van der Waals surface area contributed by atoms with Crippen LogP contribution >= 0.6 is 12.4 Å². The van der Waals surface area contributed by atoms with Crippen molar-refractivity contribution < 1.29 is 18.7 Å². The van der Waals surface area contributed by atoms with E-state index in [1.54, 1.807) is 24.3 Å². The van der Waals surface area contributed by atoms with E-state index in [9.17, 15) is 14.3 Å². The summed E-state index contributed by atoms with van der Waals surface area (Å²) in [6.07, 6.45) is 1.24. The monoisotopic (exact) mass is 514 g/mol. The highest BCUT2D eigenvalue weighted by Crippen LogP contribution is 2.23. The summed E-state index contributed by atoms with van der Waals surface area (Å²) in [6.45, 7) is 3.17. The van der Waals surface area contributed by atoms with E-state index in [-0.39, 0.29) is 29.8 Å². The molecule has 0 radical (unpaired) electrons. The van der Waals surface area contributed by atoms with Crippen LogP contribution in [0.15, 0.2) is 57.9 Å². The maximum atomic E-state index is 14.6. The number of β-amino-alcohol motifs (C(OH)–C–C–N with tert-alkyl or cyclic N) is 1. The summed E-state index contributed by atoms with van der Waals surface area (Å²) in [5.74, 6) is 0.112. The molecule has 0 amide bonds. The van der Waals surface area contributed by atoms with Gasteiger partial charge in [0.25, 0.3) is 0 Å². The van der Waals surface area contributed by atoms with Crippen LogP contribution in [0.25, 0.3) is 22.0 Å². The smallest absolute Gasteiger partial charge is 0.336 e. The number of nitrogens with one attached hydrogen (secondary N) is 1. The third-order valence-corrected chi connectivity index (χ3v) is 6.53. The predicted molar refractivity (Wildman–Crippen MR) is 137 cm³/mol. The highest BCUT2D eigenvalue weighted by molar-refractivity contribution is 5.85. The largest absolute Gasteiger partial charge is 0.481 e. The van der Waals surface area contributed by atoms with E-state index in [4.69, 9.17) is 9.15 Å². The van der Waals surface area contributed by atoms with Crippen LogP contribution in [0.5, 0.6) is 5.88 Å². The number of nitrogens with zero attached hydrogens (tertiary/aromatic N) is 3. The van der Waals surface area contributed by atoms with Crippen LogP contribution in [0.1, 0.15) is 11.1 Å². The van der Waals surface area contributed by atoms with Gasteiger partial charge in [-0.1, -0.05) is 6.07 Å². The standard InChI is InChI=1S/C26H27FN4O4.ClH/c1-34-24-6-4-21-26(30-24)19(20(27)13-29-21)8-9-31-14-18(22(32)15-31)12-28-11-16-2-5-23-17(10-16)3-7-25(33)35-23;/h2-7,10,13,18,22,28,32H,8-9,11-12,14-15H2,1H3;1H. The highest BCUT2D eigenvalue weighted by atomic mass is 35.5. The number of aromatic nitrogens is 2. The minimum absolute atomic E-state index is 0. The molecule has 2 atom stereocenters. The maximum Gasteiger partial charge on any atom is 0.336 e. The molecule has 3 aromatic heterocycles. The number of pyridine rings is 2. The van der Waals surface area contributed by atoms with E-state index >= 15 is 0 Å². The molecule has 0 aliphatic carbocycles. The summed E-state index contributed by atoms with van der Waals surface area (Å²) >= 11 is 0. The molecule has 1 aliphatic rings. The third kappa shape index (κ3) is 5.65. The summed E-state index contributed by atoms with van der Waals surface area (Å²) in [7, 11) is 1.53. The van der Waals surface area contributed by atoms with Crippen LogP contribution in [-0.4, -0.2) is 59.4 Å². The molecule has 10 heteroatoms. The molecule has 36 heavy (non-hydrogen) atoms. The molecule has 2 N–H and O–H groups in total. The van der Waals surface area contributed by atoms with Crippen LogP contribution in [-0.2, 0) is 13.0 Å². The molecule has 4 heterocycles. The molecule has 1 aliphatic heterocycles. The Balaban J connectivity index is 0.00000304. The predicted octanol–water partition coefficient (Wildman–Crippen LogP) is 2.93. The van der Waals surface area contributed by atoms with E-state index in [0.717, 1.165) is 17.5 Å². The number of hydrogen-bond donors (Lipinski definition) is 2. The van der Waals surface area contributed by atoms with E-state index < -0.39 is 6.10 Å². The first-order valence-electron chi connectivity index (χ1n) is 11.6. The third-order valence-electron chi connectivity index (χ3n) is 6.53. The molecule has 1 fully saturated rings. The Kier molecular flexibility index (Phi) is 8.15. The van der Waals surface area contributed by atoms with Crippen molar-refractivity contribution >= 4 is 34.4 Å². The zero-order chi connectivity index (χ0) is 24.4. The fraction of sp³-hybridized carbons (Fsp3) is 0.346. The average molecular weight is 515 g/mol. The van der Waals surface area contributed by atoms with Gasteiger partial charge in [-0.15, -0.1) is 12.4 Å². The van der Waals surface area contributed by atoms with Gasteiger partial charge in [-0.05, 0) is 36.2 Å². The first kappa shape index (κ1) is 26.0. The first-order chi connectivity index (χ1) is 17.0. The van der Waals surface area contributed by atoms with Gasteiger partial charge in [-0.2, -0.15) is 0 Å². The van der Waals surface area contributed by atoms with Gasteiger partial charge in [0.1, 0.15) is 11.4 Å². The van der Waals surface area contributed by atoms with Gasteiger partial charge < -0.3 is 24.5 Å². The zero-order valence-electron chi connectivity index (χ0n) is 19.8. The van der Waals surface area contributed by atoms with E-state index in [0.29, 0.717) is 60.7 Å². The summed E-state index contributed by atoms with van der Waals surface area (Å²) in [5.41, 5.74) is 2.92. The second-order valence-electron chi connectivity index (χ2n) is 8.90. The number of halogens is 2. The first-order valence-corrected chi connectivity index (χ1v) is 11.6. The molecule has 8 nitrogen and oxygen atoms in total. The Bertz CT molecular complexity index is 1420. The fourth-order valence-electron chi connectivity index (χ4n) is 4.66. The number of methoxy groups -OCH3 is 1. The van der Waals surface area contributed by atoms with Gasteiger partial charge in [0, 0.05) is 61.7 Å². The number of aliphatic hydroxyl groups excluding tert-OH is 1. The minimum Gasteiger partial charge on any atom is -0.481 e. The summed E-state index contributed by atoms with van der Waals surface area (Å²) in [4.78, 5) is 22.0. The van der Waals surface area contributed by atoms with Crippen molar-refractivity contribution in [3.63, 3.8) is 0 Å². The quantitative estimate of drug-likeness (QED) is 0.346. The van der Waals surface area contributed by atoms with Crippen molar-refractivity contribution in [3.05, 3.63) is 76.0 Å². The van der Waals surface area contributed by atoms with Crippen LogP contribution in [0.2, 0.25) is 0 Å². The lowest BCUT2D eigenvalue weighted by atomic mass is 10.1. The van der Waals surface area contributed by atoms with Crippen molar-refractivity contribution in [2.45, 2.75) is 19.1 Å². The molecular formula is C26H28ClFN4O4. The Morgan fingerprint density at radius 2 is 2.08 bits per heavy atom. The van der Waals surface area contributed by atoms with Gasteiger partial charge in [0.2, 0.25) is 5.88 Å². The number of benzene rings is 1. The number of hydrogen-bond acceptors (Lipinski definition) is 8. The summed E-state index contributed by atoms with van der Waals surface area (Å²) < 4.78 is 24.9. The second-order valence-corrected chi connectivity index (χ2v) is 8.90. The summed E-state index contributed by atoms with van der Waals surface area (Å²) in [6, 6.07) is 12.4. The Labute approximate surface area is 213 Å². The van der Waals surface area contributed by atoms with Crippen LogP contribution in [0, 0.1) is 11.7 Å². The number of rotatable bonds is 8. The Morgan fingerprint density at radius 3 is 2.92 bits per heavy atom. The fourth-order valence-corrected chi connectivity index (χ4v) is 4.66. The number of likely N-dealkylation sites (tertiary alicyclic amines) is 1. The van der Waals surface area contributed by atoms with Gasteiger partial charge in [0.15, 0.2) is 0 Å². The normalized spacial score (nSPS) is 18.0. The minimum atomic E-state index is -0.453. The molecule has 0 spiro atoms. The molecule has 5 rings (SSSR count). The van der Waals surface area contributed by atoms with E-state index in [2.05, 4.69) is 20.2 Å². The SMILES string of the molecule is COc1ccc2ncc(F)c(CCN3CC(O)C(CNCc4ccc5oc(=O)ccc5c4)C3)c2n1.Cl. The molecule has 1 saturated heterocycles. The van der Waals surface area contributed by atoms with Gasteiger partial charge in [-0.3, -0.25) is 4.98 Å². The number of ether oxygens (including phenoxy) is 1. The highest BCUT2D eigenvalue weighted by Gasteiger charge is 2.30. The molecule has 190 valence electrons. The van der Waals surface area contributed by atoms with Crippen molar-refractivity contribution in [1.82, 2.24) is 20.2 Å². The molecule has 2 unspecified atom stereocenters. The number of fused-ring (bicyclic) bond motifs is 2. The average Bonchev–Trinajstić information content (AvgIpc) is 3.22. The summed E-state index contributed by atoms with van der Waals surface area (Å²) in [5, 5.41) is 14.9. The molecule has 4 aromatic rings. The molecule has 1 aromatic carbocycles. The van der Waals surface area contributed by atoms with Gasteiger partial charge in [0.05, 0.1) is 30.4 Å². The topological polar surface area (TPSA) is 101 Å². The van der Waals surface area contributed by atoms with Crippen LogP contribution in [0.4, 0.5) is 4.39 Å². The van der Waals surface area contributed by atoms with E-state index in [1.165, 1.54) is 19.4 Å². The zero-order valence-corrected chi connectivity index (χ0v) is 20.6. The second kappa shape index (κ2) is 11.3. The van der Waals surface area contributed by atoms with Crippen molar-refractivity contribution in [2.75, 3.05) is 33.3 Å². The van der Waals surface area contributed by atoms with Crippen molar-refractivity contribution in [3.8, 4) is 5.88 Å². The molecular weight excluding hydrogens is 487 g/mol. The lowest BCUT2D eigenvalue weighted by molar-refractivity contribution is 0.140. The number of aliphatic hydroxyl groups is 1. The lowest BCUT2D eigenvalue weighted by Gasteiger charge is -2.17. The lowest BCUT2D eigenvalue weighted by Crippen LogP contribution is -2.30. The van der Waals surface area contributed by atoms with Crippen molar-refractivity contribution in [2.24, 2.45) is 5.92 Å². The Hall–Kier alpha value is -3.11. The maximum absolute atomic E-state index is 14.6. The molecule has 0 saturated carbocycles. The Morgan fingerprint density at radius 1 is 1.22 bits per heavy atom.